The first-order valence-corrected chi connectivity index (χ1v) is 8.58. The normalized spacial score (nSPS) is 19.6. The van der Waals surface area contributed by atoms with Crippen molar-refractivity contribution in [2.24, 2.45) is 0 Å². The fraction of sp³-hybridized carbons (Fsp3) is 0.333. The first-order valence-electron chi connectivity index (χ1n) is 8.20. The highest BCUT2D eigenvalue weighted by atomic mass is 35.5. The lowest BCUT2D eigenvalue weighted by molar-refractivity contribution is -0.123. The zero-order valence-electron chi connectivity index (χ0n) is 14.3. The van der Waals surface area contributed by atoms with Gasteiger partial charge in [0.1, 0.15) is 11.9 Å². The second-order valence-corrected chi connectivity index (χ2v) is 6.70. The summed E-state index contributed by atoms with van der Waals surface area (Å²) in [5.74, 6) is 0.845. The van der Waals surface area contributed by atoms with Crippen molar-refractivity contribution in [2.45, 2.75) is 25.0 Å². The molecule has 1 aromatic heterocycles. The molecular formula is C18H22ClN5O. The van der Waals surface area contributed by atoms with E-state index in [0.717, 1.165) is 16.9 Å². The topological polar surface area (TPSA) is 69.3 Å². The van der Waals surface area contributed by atoms with Gasteiger partial charge in [-0.25, -0.2) is 15.8 Å². The van der Waals surface area contributed by atoms with Gasteiger partial charge in [0.2, 0.25) is 5.91 Å². The SMILES string of the molecule is CN(C)c1ccc(CNC(=O)C2CC(c3ccccc3Cl)NN2)cn1. The number of aromatic nitrogens is 1. The van der Waals surface area contributed by atoms with Crippen molar-refractivity contribution in [3.05, 3.63) is 58.7 Å². The van der Waals surface area contributed by atoms with Crippen LogP contribution in [-0.2, 0) is 11.3 Å². The number of anilines is 1. The number of carbonyl (C=O) groups is 1. The lowest BCUT2D eigenvalue weighted by atomic mass is 10.0. The Balaban J connectivity index is 1.53. The molecule has 132 valence electrons. The molecule has 1 aliphatic heterocycles. The second kappa shape index (κ2) is 7.82. The summed E-state index contributed by atoms with van der Waals surface area (Å²) in [6, 6.07) is 11.3. The number of rotatable bonds is 5. The van der Waals surface area contributed by atoms with Gasteiger partial charge in [-0.3, -0.25) is 4.79 Å². The van der Waals surface area contributed by atoms with E-state index in [1.165, 1.54) is 0 Å². The zero-order chi connectivity index (χ0) is 17.8. The largest absolute Gasteiger partial charge is 0.363 e. The lowest BCUT2D eigenvalue weighted by Gasteiger charge is -2.13. The van der Waals surface area contributed by atoms with Gasteiger partial charge in [0.25, 0.3) is 0 Å². The third-order valence-corrected chi connectivity index (χ3v) is 4.58. The predicted octanol–water partition coefficient (Wildman–Crippen LogP) is 2.02. The average Bonchev–Trinajstić information content (AvgIpc) is 3.10. The first kappa shape index (κ1) is 17.7. The van der Waals surface area contributed by atoms with E-state index in [4.69, 9.17) is 11.6 Å². The van der Waals surface area contributed by atoms with Crippen molar-refractivity contribution in [3.8, 4) is 0 Å². The summed E-state index contributed by atoms with van der Waals surface area (Å²) >= 11 is 6.23. The van der Waals surface area contributed by atoms with Crippen LogP contribution in [0.3, 0.4) is 0 Å². The van der Waals surface area contributed by atoms with Crippen molar-refractivity contribution in [1.82, 2.24) is 21.2 Å². The molecule has 0 bridgehead atoms. The van der Waals surface area contributed by atoms with E-state index in [0.29, 0.717) is 18.0 Å². The molecule has 0 saturated carbocycles. The van der Waals surface area contributed by atoms with Crippen molar-refractivity contribution in [2.75, 3.05) is 19.0 Å². The van der Waals surface area contributed by atoms with Gasteiger partial charge in [-0.05, 0) is 29.7 Å². The minimum Gasteiger partial charge on any atom is -0.363 e. The van der Waals surface area contributed by atoms with Crippen LogP contribution in [-0.4, -0.2) is 31.0 Å². The van der Waals surface area contributed by atoms with Crippen molar-refractivity contribution in [1.29, 1.82) is 0 Å². The molecular weight excluding hydrogens is 338 g/mol. The molecule has 3 rings (SSSR count). The van der Waals surface area contributed by atoms with E-state index >= 15 is 0 Å². The second-order valence-electron chi connectivity index (χ2n) is 6.29. The van der Waals surface area contributed by atoms with Gasteiger partial charge in [0.15, 0.2) is 0 Å². The summed E-state index contributed by atoms with van der Waals surface area (Å²) < 4.78 is 0. The van der Waals surface area contributed by atoms with Crippen molar-refractivity contribution >= 4 is 23.3 Å². The lowest BCUT2D eigenvalue weighted by Crippen LogP contribution is -2.42. The van der Waals surface area contributed by atoms with E-state index < -0.39 is 0 Å². The number of halogens is 1. The number of carbonyl (C=O) groups excluding carboxylic acids is 1. The van der Waals surface area contributed by atoms with Crippen LogP contribution in [0.4, 0.5) is 5.82 Å². The number of hydrogen-bond donors (Lipinski definition) is 3. The fourth-order valence-corrected chi connectivity index (χ4v) is 3.06. The zero-order valence-corrected chi connectivity index (χ0v) is 15.0. The molecule has 2 aromatic rings. The quantitative estimate of drug-likeness (QED) is 0.762. The van der Waals surface area contributed by atoms with E-state index in [2.05, 4.69) is 21.2 Å². The molecule has 1 fully saturated rings. The van der Waals surface area contributed by atoms with E-state index in [-0.39, 0.29) is 18.0 Å². The first-order chi connectivity index (χ1) is 12.0. The van der Waals surface area contributed by atoms with Crippen LogP contribution in [0, 0.1) is 0 Å². The maximum atomic E-state index is 12.4. The highest BCUT2D eigenvalue weighted by molar-refractivity contribution is 6.31. The Bertz CT molecular complexity index is 735. The summed E-state index contributed by atoms with van der Waals surface area (Å²) in [4.78, 5) is 18.7. The molecule has 7 heteroatoms. The van der Waals surface area contributed by atoms with Gasteiger partial charge in [-0.2, -0.15) is 0 Å². The van der Waals surface area contributed by atoms with Crippen LogP contribution in [0.25, 0.3) is 0 Å². The number of nitrogens with one attached hydrogen (secondary N) is 3. The van der Waals surface area contributed by atoms with E-state index in [1.54, 1.807) is 6.20 Å². The number of benzene rings is 1. The number of pyridine rings is 1. The average molecular weight is 360 g/mol. The van der Waals surface area contributed by atoms with Gasteiger partial charge < -0.3 is 10.2 Å². The van der Waals surface area contributed by atoms with Crippen LogP contribution < -0.4 is 21.1 Å². The van der Waals surface area contributed by atoms with Crippen LogP contribution in [0.2, 0.25) is 5.02 Å². The van der Waals surface area contributed by atoms with Gasteiger partial charge >= 0.3 is 0 Å². The summed E-state index contributed by atoms with van der Waals surface area (Å²) in [6.45, 7) is 0.453. The minimum atomic E-state index is -0.296. The molecule has 2 unspecified atom stereocenters. The maximum Gasteiger partial charge on any atom is 0.238 e. The Kier molecular flexibility index (Phi) is 5.53. The molecule has 1 amide bonds. The number of amides is 1. The molecule has 0 aliphatic carbocycles. The van der Waals surface area contributed by atoms with Crippen molar-refractivity contribution < 1.29 is 4.79 Å². The molecule has 6 nitrogen and oxygen atoms in total. The summed E-state index contributed by atoms with van der Waals surface area (Å²) in [6.07, 6.45) is 2.43. The van der Waals surface area contributed by atoms with Crippen LogP contribution in [0.5, 0.6) is 0 Å². The third kappa shape index (κ3) is 4.28. The summed E-state index contributed by atoms with van der Waals surface area (Å²) in [5.41, 5.74) is 8.16. The maximum absolute atomic E-state index is 12.4. The molecule has 0 radical (unpaired) electrons. The number of hydrogen-bond acceptors (Lipinski definition) is 5. The Morgan fingerprint density at radius 3 is 2.76 bits per heavy atom. The molecule has 2 atom stereocenters. The van der Waals surface area contributed by atoms with Gasteiger partial charge in [0, 0.05) is 37.9 Å². The molecule has 2 heterocycles. The highest BCUT2D eigenvalue weighted by Crippen LogP contribution is 2.28. The standard InChI is InChI=1S/C18H22ClN5O/c1-24(2)17-8-7-12(10-20-17)11-21-18(25)16-9-15(22-23-16)13-5-3-4-6-14(13)19/h3-8,10,15-16,22-23H,9,11H2,1-2H3,(H,21,25). The number of nitrogens with zero attached hydrogens (tertiary/aromatic N) is 2. The predicted molar refractivity (Wildman–Crippen MR) is 99.3 cm³/mol. The highest BCUT2D eigenvalue weighted by Gasteiger charge is 2.30. The Morgan fingerprint density at radius 1 is 1.28 bits per heavy atom. The van der Waals surface area contributed by atoms with Crippen LogP contribution >= 0.6 is 11.6 Å². The monoisotopic (exact) mass is 359 g/mol. The molecule has 25 heavy (non-hydrogen) atoms. The molecule has 1 aliphatic rings. The van der Waals surface area contributed by atoms with E-state index in [9.17, 15) is 4.79 Å². The fourth-order valence-electron chi connectivity index (χ4n) is 2.79. The van der Waals surface area contributed by atoms with Crippen molar-refractivity contribution in [3.63, 3.8) is 0 Å². The van der Waals surface area contributed by atoms with Crippen LogP contribution in [0.15, 0.2) is 42.6 Å². The molecule has 3 N–H and O–H groups in total. The Labute approximate surface area is 152 Å². The minimum absolute atomic E-state index is 0.0190. The smallest absolute Gasteiger partial charge is 0.238 e. The number of hydrazine groups is 1. The van der Waals surface area contributed by atoms with Gasteiger partial charge in [0.05, 0.1) is 0 Å². The summed E-state index contributed by atoms with van der Waals surface area (Å²) in [5, 5.41) is 3.65. The summed E-state index contributed by atoms with van der Waals surface area (Å²) in [7, 11) is 3.88. The Hall–Kier alpha value is -2.15. The molecule has 1 aromatic carbocycles. The molecule has 1 saturated heterocycles. The van der Waals surface area contributed by atoms with Gasteiger partial charge in [-0.1, -0.05) is 35.9 Å². The Morgan fingerprint density at radius 2 is 2.08 bits per heavy atom. The third-order valence-electron chi connectivity index (χ3n) is 4.23. The van der Waals surface area contributed by atoms with E-state index in [1.807, 2.05) is 55.4 Å². The molecule has 0 spiro atoms. The van der Waals surface area contributed by atoms with Gasteiger partial charge in [-0.15, -0.1) is 0 Å². The van der Waals surface area contributed by atoms with Crippen LogP contribution in [0.1, 0.15) is 23.6 Å².